The second-order valence-corrected chi connectivity index (χ2v) is 5.18. The van der Waals surface area contributed by atoms with Gasteiger partial charge in [0.05, 0.1) is 5.39 Å². The summed E-state index contributed by atoms with van der Waals surface area (Å²) in [4.78, 5) is 23.2. The fourth-order valence-corrected chi connectivity index (χ4v) is 2.19. The lowest BCUT2D eigenvalue weighted by atomic mass is 9.99. The van der Waals surface area contributed by atoms with Crippen LogP contribution in [0.5, 0.6) is 0 Å². The molecule has 0 fully saturated rings. The first-order valence-corrected chi connectivity index (χ1v) is 6.75. The van der Waals surface area contributed by atoms with Gasteiger partial charge in [0, 0.05) is 5.69 Å². The Bertz CT molecular complexity index is 635. The first-order valence-electron chi connectivity index (χ1n) is 6.75. The van der Waals surface area contributed by atoms with E-state index in [1.807, 2.05) is 26.8 Å². The zero-order chi connectivity index (χ0) is 14.9. The molecule has 0 amide bonds. The molecular weight excluding hydrogens is 256 g/mol. The first kappa shape index (κ1) is 14.3. The zero-order valence-electron chi connectivity index (χ0n) is 12.2. The average molecular weight is 276 g/mol. The van der Waals surface area contributed by atoms with Crippen LogP contribution in [0.1, 0.15) is 31.8 Å². The number of aliphatic carboxylic acids is 1. The molecule has 0 aliphatic carbocycles. The Morgan fingerprint density at radius 2 is 2.15 bits per heavy atom. The number of aryl methyl sites for hydroxylation is 2. The molecule has 2 atom stereocenters. The molecule has 0 saturated heterocycles. The molecule has 3 N–H and O–H groups in total. The third kappa shape index (κ3) is 2.74. The zero-order valence-corrected chi connectivity index (χ0v) is 12.2. The summed E-state index contributed by atoms with van der Waals surface area (Å²) < 4.78 is 0. The van der Waals surface area contributed by atoms with E-state index in [1.165, 1.54) is 0 Å². The molecule has 2 rings (SSSR count). The van der Waals surface area contributed by atoms with Crippen molar-refractivity contribution in [3.63, 3.8) is 0 Å². The number of hydrogen-bond donors (Lipinski definition) is 3. The number of fused-ring (bicyclic) bond motifs is 1. The predicted molar refractivity (Wildman–Crippen MR) is 77.9 cm³/mol. The molecule has 20 heavy (non-hydrogen) atoms. The van der Waals surface area contributed by atoms with Crippen molar-refractivity contribution in [1.82, 2.24) is 15.0 Å². The van der Waals surface area contributed by atoms with E-state index < -0.39 is 12.0 Å². The third-order valence-corrected chi connectivity index (χ3v) is 3.51. The second-order valence-electron chi connectivity index (χ2n) is 5.18. The maximum Gasteiger partial charge on any atom is 0.326 e. The van der Waals surface area contributed by atoms with Gasteiger partial charge in [0.1, 0.15) is 23.3 Å². The highest BCUT2D eigenvalue weighted by molar-refractivity contribution is 5.90. The van der Waals surface area contributed by atoms with E-state index in [1.54, 1.807) is 6.92 Å². The largest absolute Gasteiger partial charge is 0.480 e. The molecule has 108 valence electrons. The van der Waals surface area contributed by atoms with E-state index >= 15 is 0 Å². The van der Waals surface area contributed by atoms with Gasteiger partial charge in [-0.15, -0.1) is 0 Å². The Balaban J connectivity index is 2.43. The number of carbonyl (C=O) groups is 1. The molecule has 0 aliphatic rings. The second kappa shape index (κ2) is 5.48. The van der Waals surface area contributed by atoms with E-state index in [9.17, 15) is 9.90 Å². The molecule has 6 nitrogen and oxygen atoms in total. The van der Waals surface area contributed by atoms with Crippen LogP contribution in [0.25, 0.3) is 11.0 Å². The van der Waals surface area contributed by atoms with E-state index in [4.69, 9.17) is 0 Å². The fourth-order valence-electron chi connectivity index (χ4n) is 2.19. The summed E-state index contributed by atoms with van der Waals surface area (Å²) in [5.74, 6) is 0.327. The lowest BCUT2D eigenvalue weighted by molar-refractivity contribution is -0.139. The number of nitrogens with zero attached hydrogens (tertiary/aromatic N) is 2. The van der Waals surface area contributed by atoms with Crippen LogP contribution in [0, 0.1) is 19.8 Å². The molecule has 2 unspecified atom stereocenters. The van der Waals surface area contributed by atoms with E-state index in [2.05, 4.69) is 20.3 Å². The summed E-state index contributed by atoms with van der Waals surface area (Å²) in [5, 5.41) is 13.2. The maximum atomic E-state index is 11.4. The summed E-state index contributed by atoms with van der Waals surface area (Å²) in [6, 6.07) is 1.26. The van der Waals surface area contributed by atoms with Crippen LogP contribution in [0.3, 0.4) is 0 Å². The van der Waals surface area contributed by atoms with Crippen molar-refractivity contribution in [1.29, 1.82) is 0 Å². The standard InChI is InChI=1S/C14H20N4O2/c1-5-7(2)11(14(19)20)18-13-10-6-8(3)15-12(10)16-9(4)17-13/h6-7,11H,5H2,1-4H3,(H,19,20)(H2,15,16,17,18). The minimum Gasteiger partial charge on any atom is -0.480 e. The SMILES string of the molecule is CCC(C)C(Nc1nc(C)nc2[nH]c(C)cc12)C(=O)O. The van der Waals surface area contributed by atoms with Crippen molar-refractivity contribution in [3.05, 3.63) is 17.6 Å². The summed E-state index contributed by atoms with van der Waals surface area (Å²) in [6.45, 7) is 7.62. The van der Waals surface area contributed by atoms with Crippen molar-refractivity contribution in [2.75, 3.05) is 5.32 Å². The van der Waals surface area contributed by atoms with E-state index in [-0.39, 0.29) is 5.92 Å². The number of carboxylic acid groups (broad SMARTS) is 1. The Morgan fingerprint density at radius 1 is 1.45 bits per heavy atom. The number of nitrogens with one attached hydrogen (secondary N) is 2. The van der Waals surface area contributed by atoms with Crippen molar-refractivity contribution in [2.24, 2.45) is 5.92 Å². The lowest BCUT2D eigenvalue weighted by Crippen LogP contribution is -2.35. The molecule has 0 aliphatic heterocycles. The molecule has 0 spiro atoms. The lowest BCUT2D eigenvalue weighted by Gasteiger charge is -2.21. The van der Waals surface area contributed by atoms with Gasteiger partial charge in [-0.2, -0.15) is 0 Å². The summed E-state index contributed by atoms with van der Waals surface area (Å²) in [6.07, 6.45) is 0.781. The van der Waals surface area contributed by atoms with E-state index in [0.717, 1.165) is 23.1 Å². The predicted octanol–water partition coefficient (Wildman–Crippen LogP) is 2.49. The third-order valence-electron chi connectivity index (χ3n) is 3.51. The van der Waals surface area contributed by atoms with Gasteiger partial charge in [-0.3, -0.25) is 0 Å². The van der Waals surface area contributed by atoms with Crippen LogP contribution in [0.15, 0.2) is 6.07 Å². The number of hydrogen-bond acceptors (Lipinski definition) is 4. The number of aromatic nitrogens is 3. The molecule has 0 radical (unpaired) electrons. The highest BCUT2D eigenvalue weighted by Crippen LogP contribution is 2.23. The van der Waals surface area contributed by atoms with Crippen molar-refractivity contribution in [3.8, 4) is 0 Å². The van der Waals surface area contributed by atoms with Crippen molar-refractivity contribution in [2.45, 2.75) is 40.2 Å². The molecule has 0 saturated carbocycles. The molecule has 0 bridgehead atoms. The van der Waals surface area contributed by atoms with Gasteiger partial charge < -0.3 is 15.4 Å². The molecule has 2 heterocycles. The van der Waals surface area contributed by atoms with Gasteiger partial charge in [-0.05, 0) is 25.8 Å². The number of anilines is 1. The monoisotopic (exact) mass is 276 g/mol. The quantitative estimate of drug-likeness (QED) is 0.780. The van der Waals surface area contributed by atoms with Crippen LogP contribution in [0.2, 0.25) is 0 Å². The minimum atomic E-state index is -0.865. The maximum absolute atomic E-state index is 11.4. The highest BCUT2D eigenvalue weighted by Gasteiger charge is 2.24. The number of carboxylic acids is 1. The average Bonchev–Trinajstić information content (AvgIpc) is 2.74. The van der Waals surface area contributed by atoms with Crippen LogP contribution in [-0.2, 0) is 4.79 Å². The van der Waals surface area contributed by atoms with Crippen LogP contribution in [0.4, 0.5) is 5.82 Å². The van der Waals surface area contributed by atoms with Crippen LogP contribution >= 0.6 is 0 Å². The van der Waals surface area contributed by atoms with Gasteiger partial charge >= 0.3 is 5.97 Å². The van der Waals surface area contributed by atoms with Crippen molar-refractivity contribution < 1.29 is 9.90 Å². The van der Waals surface area contributed by atoms with Gasteiger partial charge in [-0.1, -0.05) is 20.3 Å². The van der Waals surface area contributed by atoms with Crippen molar-refractivity contribution >= 4 is 22.8 Å². The normalized spacial score (nSPS) is 14.2. The smallest absolute Gasteiger partial charge is 0.326 e. The topological polar surface area (TPSA) is 90.9 Å². The highest BCUT2D eigenvalue weighted by atomic mass is 16.4. The van der Waals surface area contributed by atoms with Gasteiger partial charge in [0.25, 0.3) is 0 Å². The number of rotatable bonds is 5. The van der Waals surface area contributed by atoms with Gasteiger partial charge in [0.2, 0.25) is 0 Å². The van der Waals surface area contributed by atoms with Gasteiger partial charge in [-0.25, -0.2) is 14.8 Å². The first-order chi connectivity index (χ1) is 9.42. The molecule has 0 aromatic carbocycles. The summed E-state index contributed by atoms with van der Waals surface area (Å²) in [7, 11) is 0. The molecular formula is C14H20N4O2. The van der Waals surface area contributed by atoms with Crippen LogP contribution in [-0.4, -0.2) is 32.1 Å². The van der Waals surface area contributed by atoms with Gasteiger partial charge in [0.15, 0.2) is 0 Å². The summed E-state index contributed by atoms with van der Waals surface area (Å²) >= 11 is 0. The van der Waals surface area contributed by atoms with Crippen LogP contribution < -0.4 is 5.32 Å². The Morgan fingerprint density at radius 3 is 2.75 bits per heavy atom. The summed E-state index contributed by atoms with van der Waals surface area (Å²) in [5.41, 5.74) is 1.70. The Labute approximate surface area is 117 Å². The Hall–Kier alpha value is -2.11. The molecule has 2 aromatic rings. The van der Waals surface area contributed by atoms with E-state index in [0.29, 0.717) is 11.6 Å². The fraction of sp³-hybridized carbons (Fsp3) is 0.500. The number of H-pyrrole nitrogens is 1. The number of aromatic amines is 1. The molecule has 6 heteroatoms. The Kier molecular flexibility index (Phi) is 3.92. The molecule has 2 aromatic heterocycles. The minimum absolute atomic E-state index is 0.0119.